The molecule has 1 N–H and O–H groups in total. The maximum atomic E-state index is 3.37. The summed E-state index contributed by atoms with van der Waals surface area (Å²) in [5.41, 5.74) is 5.61. The van der Waals surface area contributed by atoms with E-state index in [2.05, 4.69) is 41.9 Å². The van der Waals surface area contributed by atoms with Gasteiger partial charge in [-0.1, -0.05) is 12.1 Å². The number of nitrogens with one attached hydrogen (secondary N) is 1. The van der Waals surface area contributed by atoms with Crippen LogP contribution in [0.15, 0.2) is 29.6 Å². The van der Waals surface area contributed by atoms with Crippen molar-refractivity contribution in [1.82, 2.24) is 5.32 Å². The average molecular weight is 215 g/mol. The number of thiophene rings is 1. The first-order chi connectivity index (χ1) is 7.33. The van der Waals surface area contributed by atoms with Crippen molar-refractivity contribution in [3.05, 3.63) is 45.6 Å². The van der Waals surface area contributed by atoms with Crippen molar-refractivity contribution in [2.24, 2.45) is 0 Å². The van der Waals surface area contributed by atoms with Crippen molar-refractivity contribution in [1.29, 1.82) is 0 Å². The minimum Gasteiger partial charge on any atom is -0.309 e. The van der Waals surface area contributed by atoms with E-state index in [-0.39, 0.29) is 0 Å². The van der Waals surface area contributed by atoms with Gasteiger partial charge in [0.15, 0.2) is 0 Å². The van der Waals surface area contributed by atoms with E-state index in [0.29, 0.717) is 0 Å². The van der Waals surface area contributed by atoms with Crippen LogP contribution in [0, 0.1) is 6.92 Å². The van der Waals surface area contributed by atoms with E-state index in [0.717, 1.165) is 13.1 Å². The summed E-state index contributed by atoms with van der Waals surface area (Å²) in [5, 5.41) is 5.61. The second-order valence-electron chi connectivity index (χ2n) is 4.03. The van der Waals surface area contributed by atoms with Crippen LogP contribution < -0.4 is 5.32 Å². The Morgan fingerprint density at radius 2 is 1.93 bits per heavy atom. The summed E-state index contributed by atoms with van der Waals surface area (Å²) >= 11 is 1.82. The van der Waals surface area contributed by atoms with Crippen LogP contribution >= 0.6 is 11.3 Å². The summed E-state index contributed by atoms with van der Waals surface area (Å²) in [6.45, 7) is 4.20. The lowest BCUT2D eigenvalue weighted by Gasteiger charge is -2.01. The van der Waals surface area contributed by atoms with Gasteiger partial charge >= 0.3 is 0 Å². The zero-order valence-corrected chi connectivity index (χ0v) is 9.53. The highest BCUT2D eigenvalue weighted by atomic mass is 32.1. The molecule has 0 unspecified atom stereocenters. The first kappa shape index (κ1) is 9.13. The van der Waals surface area contributed by atoms with Crippen LogP contribution in [0.25, 0.3) is 11.1 Å². The van der Waals surface area contributed by atoms with E-state index >= 15 is 0 Å². The van der Waals surface area contributed by atoms with Gasteiger partial charge in [-0.3, -0.25) is 0 Å². The molecule has 76 valence electrons. The molecular weight excluding hydrogens is 202 g/mol. The van der Waals surface area contributed by atoms with E-state index in [1.807, 2.05) is 11.3 Å². The average Bonchev–Trinajstić information content (AvgIpc) is 2.84. The Hall–Kier alpha value is -1.12. The smallest absolute Gasteiger partial charge is 0.0212 e. The lowest BCUT2D eigenvalue weighted by atomic mass is 10.0. The fourth-order valence-electron chi connectivity index (χ4n) is 2.07. The van der Waals surface area contributed by atoms with Crippen LogP contribution in [0.1, 0.15) is 16.0 Å². The van der Waals surface area contributed by atoms with Crippen molar-refractivity contribution in [3.63, 3.8) is 0 Å². The molecule has 0 fully saturated rings. The fraction of sp³-hybridized carbons (Fsp3) is 0.231. The first-order valence-corrected chi connectivity index (χ1v) is 6.09. The molecule has 0 saturated heterocycles. The largest absolute Gasteiger partial charge is 0.309 e. The second kappa shape index (κ2) is 3.47. The molecule has 0 saturated carbocycles. The molecule has 0 radical (unpaired) electrons. The van der Waals surface area contributed by atoms with Crippen LogP contribution in [-0.2, 0) is 13.1 Å². The quantitative estimate of drug-likeness (QED) is 0.769. The molecule has 0 aliphatic carbocycles. The molecule has 0 bridgehead atoms. The minimum atomic E-state index is 1.02. The Morgan fingerprint density at radius 1 is 1.07 bits per heavy atom. The number of benzene rings is 1. The van der Waals surface area contributed by atoms with Crippen molar-refractivity contribution in [2.45, 2.75) is 20.0 Å². The van der Waals surface area contributed by atoms with Crippen LogP contribution in [0.3, 0.4) is 0 Å². The molecular formula is C13H13NS. The Morgan fingerprint density at radius 3 is 2.73 bits per heavy atom. The van der Waals surface area contributed by atoms with Gasteiger partial charge in [-0.2, -0.15) is 0 Å². The van der Waals surface area contributed by atoms with Gasteiger partial charge in [-0.05, 0) is 46.7 Å². The highest BCUT2D eigenvalue weighted by Gasteiger charge is 2.10. The highest BCUT2D eigenvalue weighted by molar-refractivity contribution is 7.10. The van der Waals surface area contributed by atoms with E-state index in [1.54, 1.807) is 0 Å². The van der Waals surface area contributed by atoms with Gasteiger partial charge in [0, 0.05) is 18.0 Å². The van der Waals surface area contributed by atoms with E-state index in [1.165, 1.54) is 27.1 Å². The number of fused-ring (bicyclic) bond motifs is 1. The van der Waals surface area contributed by atoms with Crippen molar-refractivity contribution in [3.8, 4) is 11.1 Å². The molecule has 2 aromatic rings. The zero-order chi connectivity index (χ0) is 10.3. The molecule has 1 aliphatic rings. The van der Waals surface area contributed by atoms with E-state index in [4.69, 9.17) is 0 Å². The molecule has 15 heavy (non-hydrogen) atoms. The molecule has 3 rings (SSSR count). The van der Waals surface area contributed by atoms with E-state index in [9.17, 15) is 0 Å². The van der Waals surface area contributed by atoms with Crippen LogP contribution in [0.5, 0.6) is 0 Å². The Labute approximate surface area is 93.8 Å². The SMILES string of the molecule is Cc1cc(-c2ccc3c(c2)CNC3)cs1. The first-order valence-electron chi connectivity index (χ1n) is 5.21. The number of hydrogen-bond donors (Lipinski definition) is 1. The van der Waals surface area contributed by atoms with Gasteiger partial charge in [0.05, 0.1) is 0 Å². The standard InChI is InChI=1S/C13H13NS/c1-9-4-13(8-15-9)10-2-3-11-6-14-7-12(11)5-10/h2-5,8,14H,6-7H2,1H3. The predicted octanol–water partition coefficient (Wildman–Crippen LogP) is 3.33. The summed E-state index contributed by atoms with van der Waals surface area (Å²) in [5.74, 6) is 0. The lowest BCUT2D eigenvalue weighted by molar-refractivity contribution is 0.765. The summed E-state index contributed by atoms with van der Waals surface area (Å²) in [4.78, 5) is 1.38. The summed E-state index contributed by atoms with van der Waals surface area (Å²) in [6, 6.07) is 9.05. The molecule has 2 heteroatoms. The third kappa shape index (κ3) is 1.60. The third-order valence-corrected chi connectivity index (χ3v) is 3.76. The Kier molecular flexibility index (Phi) is 2.11. The van der Waals surface area contributed by atoms with Gasteiger partial charge < -0.3 is 5.32 Å². The normalized spacial score (nSPS) is 14.2. The Balaban J connectivity index is 2.06. The van der Waals surface area contributed by atoms with Crippen molar-refractivity contribution in [2.75, 3.05) is 0 Å². The number of rotatable bonds is 1. The molecule has 1 aliphatic heterocycles. The Bertz CT molecular complexity index is 499. The van der Waals surface area contributed by atoms with Crippen molar-refractivity contribution < 1.29 is 0 Å². The number of aryl methyl sites for hydroxylation is 1. The maximum absolute atomic E-state index is 3.37. The molecule has 2 heterocycles. The zero-order valence-electron chi connectivity index (χ0n) is 8.71. The molecule has 0 spiro atoms. The van der Waals surface area contributed by atoms with Gasteiger partial charge in [0.2, 0.25) is 0 Å². The topological polar surface area (TPSA) is 12.0 Å². The van der Waals surface area contributed by atoms with Crippen LogP contribution in [-0.4, -0.2) is 0 Å². The van der Waals surface area contributed by atoms with Crippen LogP contribution in [0.2, 0.25) is 0 Å². The predicted molar refractivity (Wildman–Crippen MR) is 65.0 cm³/mol. The van der Waals surface area contributed by atoms with Gasteiger partial charge in [-0.25, -0.2) is 0 Å². The molecule has 0 atom stereocenters. The molecule has 1 nitrogen and oxygen atoms in total. The summed E-state index contributed by atoms with van der Waals surface area (Å²) in [6.07, 6.45) is 0. The minimum absolute atomic E-state index is 1.02. The summed E-state index contributed by atoms with van der Waals surface area (Å²) < 4.78 is 0. The summed E-state index contributed by atoms with van der Waals surface area (Å²) in [7, 11) is 0. The lowest BCUT2D eigenvalue weighted by Crippen LogP contribution is -1.99. The fourth-order valence-corrected chi connectivity index (χ4v) is 2.78. The third-order valence-electron chi connectivity index (χ3n) is 2.90. The number of hydrogen-bond acceptors (Lipinski definition) is 2. The van der Waals surface area contributed by atoms with Gasteiger partial charge in [-0.15, -0.1) is 11.3 Å². The second-order valence-corrected chi connectivity index (χ2v) is 5.15. The molecule has 0 amide bonds. The van der Waals surface area contributed by atoms with E-state index < -0.39 is 0 Å². The maximum Gasteiger partial charge on any atom is 0.0212 e. The van der Waals surface area contributed by atoms with Gasteiger partial charge in [0.1, 0.15) is 0 Å². The van der Waals surface area contributed by atoms with Crippen molar-refractivity contribution >= 4 is 11.3 Å². The van der Waals surface area contributed by atoms with Gasteiger partial charge in [0.25, 0.3) is 0 Å². The molecule has 1 aromatic carbocycles. The molecule has 1 aromatic heterocycles. The highest BCUT2D eigenvalue weighted by Crippen LogP contribution is 2.28. The monoisotopic (exact) mass is 215 g/mol. The van der Waals surface area contributed by atoms with Crippen LogP contribution in [0.4, 0.5) is 0 Å².